The Morgan fingerprint density at radius 2 is 1.53 bits per heavy atom. The van der Waals surface area contributed by atoms with Crippen LogP contribution >= 0.6 is 0 Å². The molecule has 0 aliphatic carbocycles. The molecular weight excluding hydrogens is 252 g/mol. The van der Waals surface area contributed by atoms with Crippen molar-refractivity contribution in [2.45, 2.75) is 40.0 Å². The zero-order chi connectivity index (χ0) is 14.8. The van der Waals surface area contributed by atoms with Gasteiger partial charge in [-0.1, -0.05) is 20.8 Å². The Hall–Kier alpha value is -1.59. The lowest BCUT2D eigenvalue weighted by Crippen LogP contribution is -2.25. The summed E-state index contributed by atoms with van der Waals surface area (Å²) in [5.41, 5.74) is 0. The minimum atomic E-state index is -1.03. The number of aliphatic carboxylic acids is 1. The first-order valence-electron chi connectivity index (χ1n) is 6.39. The van der Waals surface area contributed by atoms with Gasteiger partial charge in [0, 0.05) is 12.3 Å². The summed E-state index contributed by atoms with van der Waals surface area (Å²) in [5.74, 6) is -1.76. The van der Waals surface area contributed by atoms with Gasteiger partial charge >= 0.3 is 17.9 Å². The van der Waals surface area contributed by atoms with Crippen LogP contribution < -0.4 is 0 Å². The number of hydrogen-bond donors (Lipinski definition) is 1. The van der Waals surface area contributed by atoms with Gasteiger partial charge in [-0.25, -0.2) is 0 Å². The van der Waals surface area contributed by atoms with Crippen molar-refractivity contribution in [3.05, 3.63) is 0 Å². The first-order valence-corrected chi connectivity index (χ1v) is 6.39. The predicted octanol–water partition coefficient (Wildman–Crippen LogP) is 1.62. The molecule has 0 fully saturated rings. The van der Waals surface area contributed by atoms with Crippen molar-refractivity contribution in [3.63, 3.8) is 0 Å². The second-order valence-corrected chi connectivity index (χ2v) is 4.62. The first kappa shape index (κ1) is 17.4. The number of esters is 2. The van der Waals surface area contributed by atoms with Gasteiger partial charge in [0.1, 0.15) is 0 Å². The highest BCUT2D eigenvalue weighted by molar-refractivity contribution is 5.76. The molecule has 0 bridgehead atoms. The van der Waals surface area contributed by atoms with Gasteiger partial charge in [-0.15, -0.1) is 0 Å². The maximum atomic E-state index is 11.3. The molecule has 0 rings (SSSR count). The van der Waals surface area contributed by atoms with Crippen LogP contribution in [0, 0.1) is 11.8 Å². The van der Waals surface area contributed by atoms with Gasteiger partial charge in [0.25, 0.3) is 0 Å². The minimum absolute atomic E-state index is 0.0794. The topological polar surface area (TPSA) is 89.9 Å². The van der Waals surface area contributed by atoms with Crippen molar-refractivity contribution >= 4 is 17.9 Å². The Labute approximate surface area is 113 Å². The van der Waals surface area contributed by atoms with E-state index in [4.69, 9.17) is 14.6 Å². The summed E-state index contributed by atoms with van der Waals surface area (Å²) in [6.07, 6.45) is -0.0753. The summed E-state index contributed by atoms with van der Waals surface area (Å²) < 4.78 is 10.0. The molecule has 0 aromatic heterocycles. The number of carbonyl (C=O) groups is 3. The zero-order valence-electron chi connectivity index (χ0n) is 11.7. The van der Waals surface area contributed by atoms with E-state index in [9.17, 15) is 14.4 Å². The van der Waals surface area contributed by atoms with E-state index in [-0.39, 0.29) is 43.9 Å². The molecule has 0 aromatic rings. The summed E-state index contributed by atoms with van der Waals surface area (Å²) in [6.45, 7) is 5.92. The third kappa shape index (κ3) is 9.04. The fraction of sp³-hybridized carbons (Fsp3) is 0.769. The van der Waals surface area contributed by atoms with Gasteiger partial charge in [-0.2, -0.15) is 0 Å². The molecule has 0 aliphatic rings. The molecule has 0 saturated carbocycles. The Kier molecular flexibility index (Phi) is 8.57. The molecule has 6 heteroatoms. The molecule has 0 aromatic carbocycles. The van der Waals surface area contributed by atoms with Crippen LogP contribution in [-0.2, 0) is 23.9 Å². The Morgan fingerprint density at radius 1 is 1.00 bits per heavy atom. The number of ether oxygens (including phenoxy) is 2. The third-order valence-corrected chi connectivity index (χ3v) is 2.69. The molecule has 0 aliphatic heterocycles. The maximum Gasteiger partial charge on any atom is 0.306 e. The zero-order valence-corrected chi connectivity index (χ0v) is 11.7. The van der Waals surface area contributed by atoms with E-state index >= 15 is 0 Å². The van der Waals surface area contributed by atoms with Crippen molar-refractivity contribution in [1.82, 2.24) is 0 Å². The highest BCUT2D eigenvalue weighted by Crippen LogP contribution is 2.13. The Morgan fingerprint density at radius 3 is 1.95 bits per heavy atom. The van der Waals surface area contributed by atoms with Gasteiger partial charge in [0.2, 0.25) is 0 Å². The number of carbonyl (C=O) groups excluding carboxylic acids is 2. The summed E-state index contributed by atoms with van der Waals surface area (Å²) >= 11 is 0. The molecule has 1 N–H and O–H groups in total. The van der Waals surface area contributed by atoms with Crippen LogP contribution in [0.25, 0.3) is 0 Å². The van der Waals surface area contributed by atoms with E-state index in [1.165, 1.54) is 0 Å². The molecule has 1 atom stereocenters. The van der Waals surface area contributed by atoms with Crippen LogP contribution in [0.4, 0.5) is 0 Å². The average molecular weight is 274 g/mol. The van der Waals surface area contributed by atoms with E-state index in [1.54, 1.807) is 6.92 Å². The Bertz CT molecular complexity index is 310. The van der Waals surface area contributed by atoms with Crippen LogP contribution in [0.3, 0.4) is 0 Å². The highest BCUT2D eigenvalue weighted by atomic mass is 16.5. The third-order valence-electron chi connectivity index (χ3n) is 2.69. The van der Waals surface area contributed by atoms with Crippen LogP contribution in [0.15, 0.2) is 0 Å². The van der Waals surface area contributed by atoms with Gasteiger partial charge in [-0.3, -0.25) is 14.4 Å². The van der Waals surface area contributed by atoms with Gasteiger partial charge in [0.15, 0.2) is 0 Å². The monoisotopic (exact) mass is 274 g/mol. The first-order chi connectivity index (χ1) is 8.86. The fourth-order valence-corrected chi connectivity index (χ4v) is 1.22. The molecular formula is C13H22O6. The van der Waals surface area contributed by atoms with Crippen molar-refractivity contribution in [2.24, 2.45) is 11.8 Å². The molecule has 0 amide bonds. The van der Waals surface area contributed by atoms with Crippen molar-refractivity contribution in [2.75, 3.05) is 13.2 Å². The second-order valence-electron chi connectivity index (χ2n) is 4.62. The largest absolute Gasteiger partial charge is 0.481 e. The van der Waals surface area contributed by atoms with Crippen LogP contribution in [0.1, 0.15) is 40.0 Å². The van der Waals surface area contributed by atoms with Gasteiger partial charge in [0.05, 0.1) is 26.1 Å². The van der Waals surface area contributed by atoms with E-state index in [1.807, 2.05) is 13.8 Å². The summed E-state index contributed by atoms with van der Waals surface area (Å²) in [7, 11) is 0. The summed E-state index contributed by atoms with van der Waals surface area (Å²) in [4.78, 5) is 32.6. The van der Waals surface area contributed by atoms with Gasteiger partial charge in [-0.05, 0) is 5.92 Å². The molecule has 110 valence electrons. The van der Waals surface area contributed by atoms with Crippen molar-refractivity contribution in [3.8, 4) is 0 Å². The van der Waals surface area contributed by atoms with E-state index in [2.05, 4.69) is 0 Å². The maximum absolute atomic E-state index is 11.3. The quantitative estimate of drug-likeness (QED) is 0.642. The molecule has 1 unspecified atom stereocenters. The van der Waals surface area contributed by atoms with Crippen LogP contribution in [0.5, 0.6) is 0 Å². The van der Waals surface area contributed by atoms with Crippen molar-refractivity contribution < 1.29 is 29.0 Å². The lowest BCUT2D eigenvalue weighted by Gasteiger charge is -2.20. The van der Waals surface area contributed by atoms with Crippen LogP contribution in [0.2, 0.25) is 0 Å². The molecule has 0 radical (unpaired) electrons. The number of rotatable bonds is 9. The smallest absolute Gasteiger partial charge is 0.306 e. The Balaban J connectivity index is 4.03. The molecule has 0 heterocycles. The lowest BCUT2D eigenvalue weighted by atomic mass is 9.98. The SMILES string of the molecule is CCC(=O)OCC(COC(=O)CCC(=O)O)C(C)C. The lowest BCUT2D eigenvalue weighted by molar-refractivity contribution is -0.152. The average Bonchev–Trinajstić information content (AvgIpc) is 2.35. The van der Waals surface area contributed by atoms with Crippen molar-refractivity contribution in [1.29, 1.82) is 0 Å². The summed E-state index contributed by atoms with van der Waals surface area (Å²) in [6, 6.07) is 0. The normalized spacial score (nSPS) is 12.0. The molecule has 19 heavy (non-hydrogen) atoms. The van der Waals surface area contributed by atoms with Gasteiger partial charge < -0.3 is 14.6 Å². The minimum Gasteiger partial charge on any atom is -0.481 e. The van der Waals surface area contributed by atoms with E-state index in [0.29, 0.717) is 6.42 Å². The van der Waals surface area contributed by atoms with E-state index in [0.717, 1.165) is 0 Å². The highest BCUT2D eigenvalue weighted by Gasteiger charge is 2.18. The summed E-state index contributed by atoms with van der Waals surface area (Å²) in [5, 5.41) is 8.44. The second kappa shape index (κ2) is 9.35. The molecule has 0 spiro atoms. The predicted molar refractivity (Wildman–Crippen MR) is 67.4 cm³/mol. The van der Waals surface area contributed by atoms with E-state index < -0.39 is 11.9 Å². The number of hydrogen-bond acceptors (Lipinski definition) is 5. The number of carboxylic acids is 1. The standard InChI is InChI=1S/C13H22O6/c1-4-12(16)18-7-10(9(2)3)8-19-13(17)6-5-11(14)15/h9-10H,4-8H2,1-3H3,(H,14,15). The van der Waals surface area contributed by atoms with Crippen LogP contribution in [-0.4, -0.2) is 36.2 Å². The molecule has 6 nitrogen and oxygen atoms in total. The molecule has 0 saturated heterocycles. The fourth-order valence-electron chi connectivity index (χ4n) is 1.22. The number of carboxylic acid groups (broad SMARTS) is 1.